The van der Waals surface area contributed by atoms with Crippen LogP contribution in [0.3, 0.4) is 0 Å². The average Bonchev–Trinajstić information content (AvgIpc) is 2.13. The van der Waals surface area contributed by atoms with Crippen molar-refractivity contribution in [3.63, 3.8) is 0 Å². The van der Waals surface area contributed by atoms with Gasteiger partial charge in [-0.3, -0.25) is 4.79 Å². The van der Waals surface area contributed by atoms with E-state index in [9.17, 15) is 4.79 Å². The van der Waals surface area contributed by atoms with Crippen molar-refractivity contribution < 1.29 is 15.0 Å². The van der Waals surface area contributed by atoms with Gasteiger partial charge < -0.3 is 15.1 Å². The first kappa shape index (κ1) is 9.80. The number of ketones is 1. The van der Waals surface area contributed by atoms with E-state index < -0.39 is 0 Å². The minimum absolute atomic E-state index is 0.170. The molecule has 0 saturated heterocycles. The van der Waals surface area contributed by atoms with Gasteiger partial charge in [-0.05, 0) is 6.92 Å². The number of nitrogens with zero attached hydrogens (tertiary/aromatic N) is 1. The van der Waals surface area contributed by atoms with E-state index in [1.807, 2.05) is 0 Å². The molecule has 72 valence electrons. The molecule has 0 radical (unpaired) electrons. The zero-order chi connectivity index (χ0) is 10.0. The molecule has 1 aliphatic rings. The summed E-state index contributed by atoms with van der Waals surface area (Å²) in [6, 6.07) is -0.284. The Morgan fingerprint density at radius 2 is 2.31 bits per heavy atom. The van der Waals surface area contributed by atoms with Crippen LogP contribution in [0.25, 0.3) is 0 Å². The molecule has 0 aromatic rings. The average molecular weight is 183 g/mol. The van der Waals surface area contributed by atoms with Crippen molar-refractivity contribution in [1.29, 1.82) is 0 Å². The quantitative estimate of drug-likeness (QED) is 0.450. The first-order valence-electron chi connectivity index (χ1n) is 4.04. The van der Waals surface area contributed by atoms with Gasteiger partial charge in [-0.15, -0.1) is 0 Å². The second kappa shape index (κ2) is 3.62. The SMILES string of the molecule is CC1C(=O)C(=CO)C(CO)=CN1C. The lowest BCUT2D eigenvalue weighted by molar-refractivity contribution is -0.119. The predicted octanol–water partition coefficient (Wildman–Crippen LogP) is 0.208. The molecule has 4 heteroatoms. The van der Waals surface area contributed by atoms with Crippen molar-refractivity contribution in [1.82, 2.24) is 4.90 Å². The van der Waals surface area contributed by atoms with Crippen molar-refractivity contribution in [2.75, 3.05) is 13.7 Å². The zero-order valence-electron chi connectivity index (χ0n) is 7.69. The van der Waals surface area contributed by atoms with Crippen LogP contribution < -0.4 is 0 Å². The monoisotopic (exact) mass is 183 g/mol. The van der Waals surface area contributed by atoms with Gasteiger partial charge in [-0.2, -0.15) is 0 Å². The fourth-order valence-corrected chi connectivity index (χ4v) is 1.27. The maximum Gasteiger partial charge on any atom is 0.188 e. The van der Waals surface area contributed by atoms with Gasteiger partial charge in [-0.25, -0.2) is 0 Å². The van der Waals surface area contributed by atoms with Gasteiger partial charge in [0.25, 0.3) is 0 Å². The van der Waals surface area contributed by atoms with Gasteiger partial charge >= 0.3 is 0 Å². The summed E-state index contributed by atoms with van der Waals surface area (Å²) < 4.78 is 0. The molecule has 1 rings (SSSR count). The lowest BCUT2D eigenvalue weighted by Crippen LogP contribution is -2.38. The third-order valence-electron chi connectivity index (χ3n) is 2.26. The molecule has 1 unspecified atom stereocenters. The third kappa shape index (κ3) is 1.58. The number of likely N-dealkylation sites (N-methyl/N-ethyl adjacent to an activating group) is 1. The second-order valence-corrected chi connectivity index (χ2v) is 3.06. The number of rotatable bonds is 1. The van der Waals surface area contributed by atoms with Crippen LogP contribution in [-0.2, 0) is 4.79 Å². The predicted molar refractivity (Wildman–Crippen MR) is 48.1 cm³/mol. The lowest BCUT2D eigenvalue weighted by atomic mass is 9.95. The molecule has 0 fully saturated rings. The Hall–Kier alpha value is -1.29. The zero-order valence-corrected chi connectivity index (χ0v) is 7.69. The summed E-state index contributed by atoms with van der Waals surface area (Å²) in [6.07, 6.45) is 2.42. The Kier molecular flexibility index (Phi) is 2.72. The minimum Gasteiger partial charge on any atom is -0.515 e. The largest absolute Gasteiger partial charge is 0.515 e. The maximum absolute atomic E-state index is 11.5. The molecule has 1 heterocycles. The Morgan fingerprint density at radius 3 is 2.77 bits per heavy atom. The summed E-state index contributed by atoms with van der Waals surface area (Å²) in [6.45, 7) is 1.51. The Labute approximate surface area is 76.8 Å². The Bertz CT molecular complexity index is 281. The van der Waals surface area contributed by atoms with Gasteiger partial charge in [0.2, 0.25) is 0 Å². The molecule has 13 heavy (non-hydrogen) atoms. The molecule has 0 saturated carbocycles. The van der Waals surface area contributed by atoms with Gasteiger partial charge in [-0.1, -0.05) is 0 Å². The highest BCUT2D eigenvalue weighted by Crippen LogP contribution is 2.20. The Balaban J connectivity index is 3.09. The van der Waals surface area contributed by atoms with Crippen LogP contribution in [0.5, 0.6) is 0 Å². The van der Waals surface area contributed by atoms with E-state index in [0.29, 0.717) is 5.57 Å². The van der Waals surface area contributed by atoms with Crippen LogP contribution in [0.2, 0.25) is 0 Å². The molecule has 2 N–H and O–H groups in total. The van der Waals surface area contributed by atoms with Crippen LogP contribution in [0.15, 0.2) is 23.6 Å². The molecule has 0 amide bonds. The highest BCUT2D eigenvalue weighted by atomic mass is 16.3. The van der Waals surface area contributed by atoms with E-state index in [-0.39, 0.29) is 24.0 Å². The van der Waals surface area contributed by atoms with Gasteiger partial charge in [0, 0.05) is 18.8 Å². The summed E-state index contributed by atoms with van der Waals surface area (Å²) in [5.74, 6) is -0.170. The number of Topliss-reactive ketones (excluding diaryl/α,β-unsaturated/α-hetero) is 1. The molecule has 0 spiro atoms. The number of aliphatic hydroxyl groups excluding tert-OH is 2. The van der Waals surface area contributed by atoms with E-state index in [1.165, 1.54) is 0 Å². The third-order valence-corrected chi connectivity index (χ3v) is 2.26. The van der Waals surface area contributed by atoms with Gasteiger partial charge in [0.15, 0.2) is 5.78 Å². The van der Waals surface area contributed by atoms with Crippen LogP contribution in [0, 0.1) is 0 Å². The highest BCUT2D eigenvalue weighted by molar-refractivity contribution is 6.03. The Morgan fingerprint density at radius 1 is 1.69 bits per heavy atom. The first-order chi connectivity index (χ1) is 6.11. The molecular formula is C9H13NO3. The van der Waals surface area contributed by atoms with Crippen LogP contribution in [0.1, 0.15) is 6.92 Å². The fourth-order valence-electron chi connectivity index (χ4n) is 1.27. The standard InChI is InChI=1S/C9H13NO3/c1-6-9(13)8(5-12)7(4-11)3-10(6)2/h3,5-6,11-12H,4H2,1-2H3. The molecular weight excluding hydrogens is 170 g/mol. The normalized spacial score (nSPS) is 26.5. The summed E-state index contributed by atoms with van der Waals surface area (Å²) >= 11 is 0. The minimum atomic E-state index is -0.284. The molecule has 1 aliphatic heterocycles. The van der Waals surface area contributed by atoms with Crippen LogP contribution >= 0.6 is 0 Å². The van der Waals surface area contributed by atoms with E-state index >= 15 is 0 Å². The summed E-state index contributed by atoms with van der Waals surface area (Å²) in [4.78, 5) is 13.2. The second-order valence-electron chi connectivity index (χ2n) is 3.06. The fraction of sp³-hybridized carbons (Fsp3) is 0.444. The van der Waals surface area contributed by atoms with E-state index in [0.717, 1.165) is 6.26 Å². The van der Waals surface area contributed by atoms with E-state index in [1.54, 1.807) is 25.1 Å². The highest BCUT2D eigenvalue weighted by Gasteiger charge is 2.27. The molecule has 4 nitrogen and oxygen atoms in total. The van der Waals surface area contributed by atoms with Crippen molar-refractivity contribution >= 4 is 5.78 Å². The van der Waals surface area contributed by atoms with Crippen molar-refractivity contribution in [3.8, 4) is 0 Å². The van der Waals surface area contributed by atoms with Crippen LogP contribution in [-0.4, -0.2) is 40.6 Å². The lowest BCUT2D eigenvalue weighted by Gasteiger charge is -2.29. The molecule has 0 aliphatic carbocycles. The number of hydrogen-bond donors (Lipinski definition) is 2. The van der Waals surface area contributed by atoms with Gasteiger partial charge in [0.1, 0.15) is 0 Å². The topological polar surface area (TPSA) is 60.8 Å². The number of carbonyl (C=O) groups excluding carboxylic acids is 1. The van der Waals surface area contributed by atoms with Crippen molar-refractivity contribution in [3.05, 3.63) is 23.6 Å². The number of hydrogen-bond acceptors (Lipinski definition) is 4. The smallest absolute Gasteiger partial charge is 0.188 e. The molecule has 1 atom stereocenters. The summed E-state index contributed by atoms with van der Waals surface area (Å²) in [7, 11) is 1.76. The van der Waals surface area contributed by atoms with Crippen molar-refractivity contribution in [2.24, 2.45) is 0 Å². The maximum atomic E-state index is 11.5. The van der Waals surface area contributed by atoms with E-state index in [2.05, 4.69) is 0 Å². The molecule has 0 bridgehead atoms. The molecule has 0 aromatic heterocycles. The van der Waals surface area contributed by atoms with Crippen LogP contribution in [0.4, 0.5) is 0 Å². The molecule has 0 aromatic carbocycles. The van der Waals surface area contributed by atoms with Gasteiger partial charge in [0.05, 0.1) is 24.5 Å². The first-order valence-corrected chi connectivity index (χ1v) is 4.04. The number of aliphatic hydroxyl groups is 2. The number of carbonyl (C=O) groups is 1. The summed E-state index contributed by atoms with van der Waals surface area (Å²) in [5, 5.41) is 17.7. The van der Waals surface area contributed by atoms with E-state index in [4.69, 9.17) is 10.2 Å². The summed E-state index contributed by atoms with van der Waals surface area (Å²) in [5.41, 5.74) is 0.654. The van der Waals surface area contributed by atoms with Crippen molar-refractivity contribution in [2.45, 2.75) is 13.0 Å².